The lowest BCUT2D eigenvalue weighted by Crippen LogP contribution is -2.36. The first-order valence-electron chi connectivity index (χ1n) is 6.05. The van der Waals surface area contributed by atoms with Crippen molar-refractivity contribution in [2.75, 3.05) is 14.1 Å². The molecule has 0 fully saturated rings. The van der Waals surface area contributed by atoms with E-state index in [1.807, 2.05) is 48.6 Å². The third-order valence-electron chi connectivity index (χ3n) is 2.29. The van der Waals surface area contributed by atoms with E-state index in [0.717, 1.165) is 12.0 Å². The van der Waals surface area contributed by atoms with E-state index in [0.29, 0.717) is 5.57 Å². The molecule has 0 saturated heterocycles. The van der Waals surface area contributed by atoms with Crippen LogP contribution in [0.1, 0.15) is 18.9 Å². The summed E-state index contributed by atoms with van der Waals surface area (Å²) in [5.74, 6) is -0.105. The van der Waals surface area contributed by atoms with Crippen LogP contribution in [0.3, 0.4) is 0 Å². The van der Waals surface area contributed by atoms with Crippen molar-refractivity contribution in [2.45, 2.75) is 13.3 Å². The number of rotatable bonds is 5. The molecule has 0 bridgehead atoms. The predicted molar refractivity (Wildman–Crippen MR) is 75.7 cm³/mol. The third-order valence-corrected chi connectivity index (χ3v) is 2.29. The number of allylic oxidation sites excluding steroid dienone is 3. The molecular formula is C15H20N2O. The van der Waals surface area contributed by atoms with Crippen molar-refractivity contribution >= 4 is 11.5 Å². The minimum absolute atomic E-state index is 0.105. The summed E-state index contributed by atoms with van der Waals surface area (Å²) < 4.78 is 0. The van der Waals surface area contributed by atoms with Crippen LogP contribution in [-0.4, -0.2) is 25.0 Å². The van der Waals surface area contributed by atoms with Crippen molar-refractivity contribution in [3.8, 4) is 0 Å². The van der Waals surface area contributed by atoms with Crippen molar-refractivity contribution < 1.29 is 4.79 Å². The number of hydrogen-bond donors (Lipinski definition) is 1. The molecule has 0 aliphatic rings. The molecule has 0 aliphatic carbocycles. The Bertz CT molecular complexity index is 433. The van der Waals surface area contributed by atoms with Crippen LogP contribution < -0.4 is 5.43 Å². The number of nitrogens with zero attached hydrogens (tertiary/aromatic N) is 1. The molecule has 0 atom stereocenters. The Hall–Kier alpha value is -1.87. The largest absolute Gasteiger partial charge is 0.285 e. The summed E-state index contributed by atoms with van der Waals surface area (Å²) in [4.78, 5) is 12.1. The normalized spacial score (nSPS) is 12.1. The van der Waals surface area contributed by atoms with Gasteiger partial charge in [-0.2, -0.15) is 0 Å². The molecule has 96 valence electrons. The predicted octanol–water partition coefficient (Wildman–Crippen LogP) is 2.63. The fourth-order valence-corrected chi connectivity index (χ4v) is 1.48. The molecule has 3 nitrogen and oxygen atoms in total. The van der Waals surface area contributed by atoms with Crippen molar-refractivity contribution in [1.82, 2.24) is 10.4 Å². The Balaban J connectivity index is 2.99. The lowest BCUT2D eigenvalue weighted by molar-refractivity contribution is -0.119. The van der Waals surface area contributed by atoms with Crippen molar-refractivity contribution in [3.63, 3.8) is 0 Å². The van der Waals surface area contributed by atoms with Crippen LogP contribution in [0.4, 0.5) is 0 Å². The average molecular weight is 244 g/mol. The quantitative estimate of drug-likeness (QED) is 0.490. The highest BCUT2D eigenvalue weighted by Gasteiger charge is 2.10. The van der Waals surface area contributed by atoms with Crippen LogP contribution in [0.2, 0.25) is 0 Å². The minimum Gasteiger partial charge on any atom is -0.285 e. The minimum atomic E-state index is -0.105. The van der Waals surface area contributed by atoms with Gasteiger partial charge in [-0.1, -0.05) is 49.4 Å². The second kappa shape index (κ2) is 7.45. The Kier molecular flexibility index (Phi) is 5.88. The fraction of sp³-hybridized carbons (Fsp3) is 0.267. The summed E-state index contributed by atoms with van der Waals surface area (Å²) in [6, 6.07) is 9.65. The van der Waals surface area contributed by atoms with E-state index >= 15 is 0 Å². The van der Waals surface area contributed by atoms with Gasteiger partial charge in [0, 0.05) is 19.7 Å². The van der Waals surface area contributed by atoms with Gasteiger partial charge in [-0.05, 0) is 18.1 Å². The molecule has 0 unspecified atom stereocenters. The highest BCUT2D eigenvalue weighted by molar-refractivity contribution is 6.19. The molecule has 0 aliphatic heterocycles. The zero-order chi connectivity index (χ0) is 13.4. The summed E-state index contributed by atoms with van der Waals surface area (Å²) in [5.41, 5.74) is 4.34. The zero-order valence-electron chi connectivity index (χ0n) is 11.2. The summed E-state index contributed by atoms with van der Waals surface area (Å²) in [7, 11) is 3.59. The SMILES string of the molecule is CC/C=C/C=C(/C(=O)NN(C)C)c1ccccc1. The average Bonchev–Trinajstić information content (AvgIpc) is 2.35. The van der Waals surface area contributed by atoms with Gasteiger partial charge in [-0.25, -0.2) is 5.01 Å². The van der Waals surface area contributed by atoms with Crippen LogP contribution in [-0.2, 0) is 4.79 Å². The summed E-state index contributed by atoms with van der Waals surface area (Å²) in [6.07, 6.45) is 6.73. The van der Waals surface area contributed by atoms with Gasteiger partial charge in [0.05, 0.1) is 0 Å². The number of nitrogens with one attached hydrogen (secondary N) is 1. The molecule has 18 heavy (non-hydrogen) atoms. The number of amides is 1. The molecule has 3 heteroatoms. The van der Waals surface area contributed by atoms with Gasteiger partial charge in [-0.15, -0.1) is 0 Å². The Morgan fingerprint density at radius 2 is 1.94 bits per heavy atom. The molecule has 1 aromatic carbocycles. The Morgan fingerprint density at radius 1 is 1.28 bits per heavy atom. The molecule has 1 rings (SSSR count). The topological polar surface area (TPSA) is 32.3 Å². The molecule has 0 saturated carbocycles. The summed E-state index contributed by atoms with van der Waals surface area (Å²) in [5, 5.41) is 1.64. The van der Waals surface area contributed by atoms with Crippen LogP contribution in [0.15, 0.2) is 48.6 Å². The molecule has 0 heterocycles. The van der Waals surface area contributed by atoms with Gasteiger partial charge in [0.2, 0.25) is 0 Å². The second-order valence-corrected chi connectivity index (χ2v) is 4.12. The maximum absolute atomic E-state index is 12.1. The summed E-state index contributed by atoms with van der Waals surface area (Å²) in [6.45, 7) is 2.06. The smallest absolute Gasteiger partial charge is 0.266 e. The van der Waals surface area contributed by atoms with Gasteiger partial charge in [0.1, 0.15) is 0 Å². The lowest BCUT2D eigenvalue weighted by atomic mass is 10.0. The van der Waals surface area contributed by atoms with Gasteiger partial charge in [0.25, 0.3) is 5.91 Å². The first-order valence-corrected chi connectivity index (χ1v) is 6.05. The van der Waals surface area contributed by atoms with Gasteiger partial charge in [0.15, 0.2) is 0 Å². The Morgan fingerprint density at radius 3 is 2.50 bits per heavy atom. The molecular weight excluding hydrogens is 224 g/mol. The van der Waals surface area contributed by atoms with E-state index < -0.39 is 0 Å². The number of hydrazine groups is 1. The van der Waals surface area contributed by atoms with Crippen molar-refractivity contribution in [2.24, 2.45) is 0 Å². The maximum atomic E-state index is 12.1. The first-order chi connectivity index (χ1) is 8.65. The standard InChI is InChI=1S/C15H20N2O/c1-4-5-7-12-14(15(18)16-17(2)3)13-10-8-6-9-11-13/h5-12H,4H2,1-3H3,(H,16,18)/b7-5+,14-12+. The highest BCUT2D eigenvalue weighted by Crippen LogP contribution is 2.14. The van der Waals surface area contributed by atoms with Crippen molar-refractivity contribution in [3.05, 3.63) is 54.1 Å². The van der Waals surface area contributed by atoms with Gasteiger partial charge >= 0.3 is 0 Å². The highest BCUT2D eigenvalue weighted by atomic mass is 16.2. The molecule has 1 N–H and O–H groups in total. The van der Waals surface area contributed by atoms with E-state index in [1.54, 1.807) is 19.1 Å². The molecule has 0 spiro atoms. The third kappa shape index (κ3) is 4.55. The number of benzene rings is 1. The first kappa shape index (κ1) is 14.2. The number of carbonyl (C=O) groups excluding carboxylic acids is 1. The van der Waals surface area contributed by atoms with Gasteiger partial charge < -0.3 is 0 Å². The van der Waals surface area contributed by atoms with Crippen LogP contribution in [0.5, 0.6) is 0 Å². The molecule has 1 amide bonds. The van der Waals surface area contributed by atoms with E-state index in [-0.39, 0.29) is 5.91 Å². The monoisotopic (exact) mass is 244 g/mol. The molecule has 0 radical (unpaired) electrons. The van der Waals surface area contributed by atoms with E-state index in [4.69, 9.17) is 0 Å². The van der Waals surface area contributed by atoms with Crippen LogP contribution in [0, 0.1) is 0 Å². The van der Waals surface area contributed by atoms with Crippen LogP contribution in [0.25, 0.3) is 5.57 Å². The lowest BCUT2D eigenvalue weighted by Gasteiger charge is -2.14. The van der Waals surface area contributed by atoms with Crippen molar-refractivity contribution in [1.29, 1.82) is 0 Å². The van der Waals surface area contributed by atoms with E-state index in [2.05, 4.69) is 12.3 Å². The second-order valence-electron chi connectivity index (χ2n) is 4.12. The van der Waals surface area contributed by atoms with Gasteiger partial charge in [-0.3, -0.25) is 10.2 Å². The Labute approximate surface area is 109 Å². The molecule has 1 aromatic rings. The van der Waals surface area contributed by atoms with E-state index in [9.17, 15) is 4.79 Å². The zero-order valence-corrected chi connectivity index (χ0v) is 11.2. The number of carbonyl (C=O) groups is 1. The van der Waals surface area contributed by atoms with E-state index in [1.165, 1.54) is 0 Å². The fourth-order valence-electron chi connectivity index (χ4n) is 1.48. The number of hydrogen-bond acceptors (Lipinski definition) is 2. The van der Waals surface area contributed by atoms with Crippen LogP contribution >= 0.6 is 0 Å². The summed E-state index contributed by atoms with van der Waals surface area (Å²) >= 11 is 0. The maximum Gasteiger partial charge on any atom is 0.266 e. The molecule has 0 aromatic heterocycles.